The fourth-order valence-corrected chi connectivity index (χ4v) is 3.45. The fraction of sp³-hybridized carbons (Fsp3) is 0.0800. The summed E-state index contributed by atoms with van der Waals surface area (Å²) in [4.78, 5) is 25.2. The highest BCUT2D eigenvalue weighted by atomic mass is 35.5. The summed E-state index contributed by atoms with van der Waals surface area (Å²) in [5, 5.41) is 24.7. The number of aryl methyl sites for hydroxylation is 2. The van der Waals surface area contributed by atoms with Gasteiger partial charge in [-0.2, -0.15) is 4.68 Å². The molecule has 0 unspecified atom stereocenters. The molecule has 0 bridgehead atoms. The maximum Gasteiger partial charge on any atom is 0.337 e. The van der Waals surface area contributed by atoms with Gasteiger partial charge in [0.2, 0.25) is 0 Å². The Labute approximate surface area is 200 Å². The van der Waals surface area contributed by atoms with E-state index in [9.17, 15) is 14.7 Å². The van der Waals surface area contributed by atoms with Crippen LogP contribution < -0.4 is 5.32 Å². The molecule has 0 aliphatic heterocycles. The van der Waals surface area contributed by atoms with Crippen LogP contribution in [0, 0.1) is 13.8 Å². The van der Waals surface area contributed by atoms with Gasteiger partial charge in [-0.15, -0.1) is 5.10 Å². The number of ketones is 1. The molecular weight excluding hydrogens is 454 g/mol. The monoisotopic (exact) mass is 473 g/mol. The molecule has 170 valence electrons. The molecule has 8 nitrogen and oxygen atoms in total. The van der Waals surface area contributed by atoms with Gasteiger partial charge in [0, 0.05) is 16.8 Å². The Hall–Kier alpha value is -4.30. The maximum atomic E-state index is 13.5. The molecule has 0 aliphatic rings. The maximum absolute atomic E-state index is 13.5. The molecule has 0 saturated carbocycles. The zero-order chi connectivity index (χ0) is 24.2. The smallest absolute Gasteiger partial charge is 0.337 e. The van der Waals surface area contributed by atoms with Gasteiger partial charge in [0.05, 0.1) is 22.5 Å². The lowest BCUT2D eigenvalue weighted by Crippen LogP contribution is -2.12. The average Bonchev–Trinajstić information content (AvgIpc) is 3.29. The number of carbonyl (C=O) groups excluding carboxylic acids is 1. The summed E-state index contributed by atoms with van der Waals surface area (Å²) in [6, 6.07) is 19.0. The van der Waals surface area contributed by atoms with E-state index in [-0.39, 0.29) is 28.4 Å². The number of Topliss-reactive ketones (excluding diaryl/α,β-unsaturated/α-hetero) is 1. The zero-order valence-electron chi connectivity index (χ0n) is 18.4. The van der Waals surface area contributed by atoms with Crippen molar-refractivity contribution in [3.05, 3.63) is 106 Å². The van der Waals surface area contributed by atoms with E-state index in [0.717, 1.165) is 11.1 Å². The number of tetrazole rings is 1. The summed E-state index contributed by atoms with van der Waals surface area (Å²) in [7, 11) is 0. The third-order valence-corrected chi connectivity index (χ3v) is 5.37. The summed E-state index contributed by atoms with van der Waals surface area (Å²) in [6.07, 6.45) is 1.40. The van der Waals surface area contributed by atoms with E-state index in [4.69, 9.17) is 11.6 Å². The lowest BCUT2D eigenvalue weighted by molar-refractivity contribution is 0.0698. The van der Waals surface area contributed by atoms with Crippen molar-refractivity contribution in [1.29, 1.82) is 0 Å². The number of aromatic carboxylic acids is 1. The van der Waals surface area contributed by atoms with Crippen LogP contribution in [0.4, 0.5) is 5.69 Å². The first kappa shape index (κ1) is 22.9. The number of hydrogen-bond acceptors (Lipinski definition) is 6. The summed E-state index contributed by atoms with van der Waals surface area (Å²) in [5.74, 6) is -1.28. The zero-order valence-corrected chi connectivity index (χ0v) is 19.1. The minimum Gasteiger partial charge on any atom is -0.478 e. The van der Waals surface area contributed by atoms with Crippen LogP contribution in [0.15, 0.2) is 72.9 Å². The topological polar surface area (TPSA) is 110 Å². The van der Waals surface area contributed by atoms with Crippen LogP contribution in [0.1, 0.15) is 37.7 Å². The SMILES string of the molecule is Cc1ccc(C(=O)/C(=C\Nc2cc(Cl)ccc2C(=O)O)c2nnnn2-c2ccc(C)cc2)cc1. The van der Waals surface area contributed by atoms with E-state index in [0.29, 0.717) is 16.3 Å². The Morgan fingerprint density at radius 2 is 1.62 bits per heavy atom. The molecule has 0 aliphatic carbocycles. The molecule has 34 heavy (non-hydrogen) atoms. The fourth-order valence-electron chi connectivity index (χ4n) is 3.28. The molecule has 4 rings (SSSR count). The average molecular weight is 474 g/mol. The molecule has 9 heteroatoms. The van der Waals surface area contributed by atoms with Crippen molar-refractivity contribution in [2.75, 3.05) is 5.32 Å². The second-order valence-electron chi connectivity index (χ2n) is 7.64. The van der Waals surface area contributed by atoms with Crippen LogP contribution >= 0.6 is 11.6 Å². The van der Waals surface area contributed by atoms with Gasteiger partial charge >= 0.3 is 5.97 Å². The van der Waals surface area contributed by atoms with Gasteiger partial charge in [0.15, 0.2) is 11.6 Å². The molecule has 0 spiro atoms. The number of carbonyl (C=O) groups is 2. The number of carboxylic acids is 1. The Bertz CT molecular complexity index is 1390. The van der Waals surface area contributed by atoms with Crippen molar-refractivity contribution in [1.82, 2.24) is 20.2 Å². The van der Waals surface area contributed by atoms with Crippen LogP contribution in [0.5, 0.6) is 0 Å². The summed E-state index contributed by atoms with van der Waals surface area (Å²) in [6.45, 7) is 3.89. The second-order valence-corrected chi connectivity index (χ2v) is 8.08. The van der Waals surface area contributed by atoms with Crippen LogP contribution in [0.25, 0.3) is 11.3 Å². The van der Waals surface area contributed by atoms with Crippen LogP contribution in [-0.4, -0.2) is 37.1 Å². The van der Waals surface area contributed by atoms with Crippen molar-refractivity contribution in [3.63, 3.8) is 0 Å². The van der Waals surface area contributed by atoms with Crippen molar-refractivity contribution in [2.45, 2.75) is 13.8 Å². The molecule has 0 saturated heterocycles. The molecule has 4 aromatic rings. The van der Waals surface area contributed by atoms with Crippen LogP contribution in [-0.2, 0) is 0 Å². The summed E-state index contributed by atoms with van der Waals surface area (Å²) in [5.41, 5.74) is 3.54. The third-order valence-electron chi connectivity index (χ3n) is 5.13. The number of rotatable bonds is 7. The molecular formula is C25H20ClN5O3. The standard InChI is InChI=1S/C25H20ClN5O3/c1-15-3-7-17(8-4-15)23(32)21(14-27-22-13-18(26)9-12-20(22)25(33)34)24-28-29-30-31(24)19-10-5-16(2)6-11-19/h3-14,27H,1-2H3,(H,33,34)/b21-14+. The first-order valence-electron chi connectivity index (χ1n) is 10.3. The van der Waals surface area contributed by atoms with E-state index in [1.54, 1.807) is 12.1 Å². The number of allylic oxidation sites excluding steroid dienone is 1. The Morgan fingerprint density at radius 1 is 0.971 bits per heavy atom. The number of halogens is 1. The van der Waals surface area contributed by atoms with E-state index in [1.807, 2.05) is 50.2 Å². The van der Waals surface area contributed by atoms with Crippen LogP contribution in [0.3, 0.4) is 0 Å². The number of hydrogen-bond donors (Lipinski definition) is 2. The van der Waals surface area contributed by atoms with Gasteiger partial charge in [-0.3, -0.25) is 4.79 Å². The lowest BCUT2D eigenvalue weighted by atomic mass is 10.0. The normalized spacial score (nSPS) is 11.3. The predicted molar refractivity (Wildman–Crippen MR) is 129 cm³/mol. The van der Waals surface area contributed by atoms with E-state index < -0.39 is 5.97 Å². The van der Waals surface area contributed by atoms with Gasteiger partial charge in [-0.1, -0.05) is 59.1 Å². The highest BCUT2D eigenvalue weighted by Crippen LogP contribution is 2.25. The highest BCUT2D eigenvalue weighted by Gasteiger charge is 2.22. The summed E-state index contributed by atoms with van der Waals surface area (Å²) < 4.78 is 1.45. The van der Waals surface area contributed by atoms with Gasteiger partial charge in [-0.25, -0.2) is 4.79 Å². The number of nitrogens with zero attached hydrogens (tertiary/aromatic N) is 4. The number of nitrogens with one attached hydrogen (secondary N) is 1. The van der Waals surface area contributed by atoms with Crippen molar-refractivity contribution in [3.8, 4) is 5.69 Å². The van der Waals surface area contributed by atoms with Crippen molar-refractivity contribution >= 4 is 34.6 Å². The second kappa shape index (κ2) is 9.68. The summed E-state index contributed by atoms with van der Waals surface area (Å²) >= 11 is 6.07. The van der Waals surface area contributed by atoms with E-state index in [2.05, 4.69) is 20.8 Å². The minimum absolute atomic E-state index is 0.000844. The molecule has 0 fully saturated rings. The lowest BCUT2D eigenvalue weighted by Gasteiger charge is -2.11. The van der Waals surface area contributed by atoms with E-state index >= 15 is 0 Å². The Kier molecular flexibility index (Phi) is 6.51. The quantitative estimate of drug-likeness (QED) is 0.288. The molecule has 1 heterocycles. The Morgan fingerprint density at radius 3 is 2.26 bits per heavy atom. The van der Waals surface area contributed by atoms with Crippen molar-refractivity contribution in [2.24, 2.45) is 0 Å². The third kappa shape index (κ3) is 4.87. The number of anilines is 1. The van der Waals surface area contributed by atoms with Crippen molar-refractivity contribution < 1.29 is 14.7 Å². The minimum atomic E-state index is -1.14. The predicted octanol–water partition coefficient (Wildman–Crippen LogP) is 4.97. The van der Waals surface area contributed by atoms with Gasteiger partial charge in [-0.05, 0) is 54.6 Å². The first-order chi connectivity index (χ1) is 16.3. The number of carboxylic acid groups (broad SMARTS) is 1. The number of aromatic nitrogens is 4. The molecule has 1 aromatic heterocycles. The molecule has 3 aromatic carbocycles. The van der Waals surface area contributed by atoms with Gasteiger partial charge in [0.1, 0.15) is 0 Å². The van der Waals surface area contributed by atoms with Crippen LogP contribution in [0.2, 0.25) is 5.02 Å². The first-order valence-corrected chi connectivity index (χ1v) is 10.7. The largest absolute Gasteiger partial charge is 0.478 e. The molecule has 0 atom stereocenters. The highest BCUT2D eigenvalue weighted by molar-refractivity contribution is 6.31. The molecule has 0 radical (unpaired) electrons. The molecule has 0 amide bonds. The Balaban J connectivity index is 1.83. The van der Waals surface area contributed by atoms with E-state index in [1.165, 1.54) is 29.1 Å². The van der Waals surface area contributed by atoms with Gasteiger partial charge in [0.25, 0.3) is 0 Å². The number of benzene rings is 3. The molecule has 2 N–H and O–H groups in total. The van der Waals surface area contributed by atoms with Gasteiger partial charge < -0.3 is 10.4 Å².